The van der Waals surface area contributed by atoms with Crippen molar-refractivity contribution in [2.24, 2.45) is 0 Å². The minimum Gasteiger partial charge on any atom is -0.389 e. The van der Waals surface area contributed by atoms with Gasteiger partial charge in [-0.05, 0) is 11.5 Å². The molecule has 0 aliphatic carbocycles. The van der Waals surface area contributed by atoms with Crippen LogP contribution in [-0.4, -0.2) is 4.37 Å². The topological polar surface area (TPSA) is 38.9 Å². The fourth-order valence-electron chi connectivity index (χ4n) is 1.36. The molecule has 0 fully saturated rings. The molecule has 5 heteroatoms. The first-order valence-corrected chi connectivity index (χ1v) is 5.45. The average molecular weight is 240 g/mol. The summed E-state index contributed by atoms with van der Waals surface area (Å²) in [4.78, 5) is 0. The van der Waals surface area contributed by atoms with Gasteiger partial charge in [0.15, 0.2) is 0 Å². The van der Waals surface area contributed by atoms with Gasteiger partial charge in [0.25, 0.3) is 5.92 Å². The zero-order valence-electron chi connectivity index (χ0n) is 8.58. The molecular weight excluding hydrogens is 230 g/mol. The lowest BCUT2D eigenvalue weighted by atomic mass is 10.1. The summed E-state index contributed by atoms with van der Waals surface area (Å²) in [6.45, 7) is 0.878. The summed E-state index contributed by atoms with van der Waals surface area (Å²) in [6.07, 6.45) is 0. The lowest BCUT2D eigenvalue weighted by molar-refractivity contribution is 0.0175. The Hall–Kier alpha value is -1.49. The number of halogens is 2. The first kappa shape index (κ1) is 11.0. The van der Waals surface area contributed by atoms with E-state index in [1.165, 1.54) is 23.7 Å². The lowest BCUT2D eigenvalue weighted by Crippen LogP contribution is -2.06. The van der Waals surface area contributed by atoms with E-state index >= 15 is 0 Å². The maximum atomic E-state index is 13.0. The van der Waals surface area contributed by atoms with Gasteiger partial charge in [0.1, 0.15) is 5.00 Å². The van der Waals surface area contributed by atoms with Crippen LogP contribution in [0.4, 0.5) is 13.8 Å². The number of hydrogen-bond donors (Lipinski definition) is 1. The summed E-state index contributed by atoms with van der Waals surface area (Å²) in [5, 5.41) is 0.611. The van der Waals surface area contributed by atoms with Crippen LogP contribution in [0, 0.1) is 0 Å². The van der Waals surface area contributed by atoms with Crippen LogP contribution in [0.1, 0.15) is 12.5 Å². The summed E-state index contributed by atoms with van der Waals surface area (Å²) >= 11 is 1.19. The number of alkyl halides is 2. The van der Waals surface area contributed by atoms with Crippen LogP contribution in [-0.2, 0) is 5.92 Å². The predicted molar refractivity (Wildman–Crippen MR) is 61.5 cm³/mol. The Balaban J connectivity index is 2.33. The molecule has 2 aromatic rings. The van der Waals surface area contributed by atoms with E-state index in [0.717, 1.165) is 12.5 Å². The van der Waals surface area contributed by atoms with Crippen molar-refractivity contribution in [3.8, 4) is 11.3 Å². The summed E-state index contributed by atoms with van der Waals surface area (Å²) in [7, 11) is 0. The van der Waals surface area contributed by atoms with E-state index in [1.807, 2.05) is 0 Å². The summed E-state index contributed by atoms with van der Waals surface area (Å²) in [5.41, 5.74) is 7.06. The average Bonchev–Trinajstić information content (AvgIpc) is 2.64. The minimum absolute atomic E-state index is 0.000508. The highest BCUT2D eigenvalue weighted by Gasteiger charge is 2.23. The number of rotatable bonds is 2. The van der Waals surface area contributed by atoms with E-state index in [9.17, 15) is 8.78 Å². The SMILES string of the molecule is CC(F)(F)c1ccc(-c2cc(N)sn2)cc1. The Morgan fingerprint density at radius 3 is 2.31 bits per heavy atom. The van der Waals surface area contributed by atoms with Crippen molar-refractivity contribution in [1.29, 1.82) is 0 Å². The molecule has 0 aliphatic rings. The normalized spacial score (nSPS) is 11.7. The van der Waals surface area contributed by atoms with Gasteiger partial charge in [-0.15, -0.1) is 0 Å². The van der Waals surface area contributed by atoms with E-state index in [-0.39, 0.29) is 5.56 Å². The van der Waals surface area contributed by atoms with Gasteiger partial charge in [0.2, 0.25) is 0 Å². The molecule has 0 bridgehead atoms. The van der Waals surface area contributed by atoms with Crippen molar-refractivity contribution in [3.05, 3.63) is 35.9 Å². The molecule has 0 radical (unpaired) electrons. The molecule has 1 heterocycles. The van der Waals surface area contributed by atoms with Crippen LogP contribution in [0.5, 0.6) is 0 Å². The highest BCUT2D eigenvalue weighted by Crippen LogP contribution is 2.29. The third-order valence-electron chi connectivity index (χ3n) is 2.22. The molecule has 2 N–H and O–H groups in total. The van der Waals surface area contributed by atoms with E-state index in [1.54, 1.807) is 18.2 Å². The van der Waals surface area contributed by atoms with Crippen molar-refractivity contribution in [2.45, 2.75) is 12.8 Å². The summed E-state index contributed by atoms with van der Waals surface area (Å²) < 4.78 is 30.0. The third kappa shape index (κ3) is 2.19. The first-order chi connectivity index (χ1) is 7.47. The second kappa shape index (κ2) is 3.83. The monoisotopic (exact) mass is 240 g/mol. The number of nitrogens with two attached hydrogens (primary N) is 1. The lowest BCUT2D eigenvalue weighted by Gasteiger charge is -2.10. The second-order valence-electron chi connectivity index (χ2n) is 3.58. The molecule has 0 aliphatic heterocycles. The zero-order chi connectivity index (χ0) is 11.8. The minimum atomic E-state index is -2.81. The van der Waals surface area contributed by atoms with Gasteiger partial charge in [-0.25, -0.2) is 8.78 Å². The maximum absolute atomic E-state index is 13.0. The smallest absolute Gasteiger partial charge is 0.270 e. The number of aromatic nitrogens is 1. The van der Waals surface area contributed by atoms with E-state index in [0.29, 0.717) is 10.7 Å². The highest BCUT2D eigenvalue weighted by molar-refractivity contribution is 7.10. The van der Waals surface area contributed by atoms with E-state index < -0.39 is 5.92 Å². The van der Waals surface area contributed by atoms with E-state index in [2.05, 4.69) is 4.37 Å². The highest BCUT2D eigenvalue weighted by atomic mass is 32.1. The number of anilines is 1. The van der Waals surface area contributed by atoms with Crippen LogP contribution in [0.15, 0.2) is 30.3 Å². The Morgan fingerprint density at radius 2 is 1.88 bits per heavy atom. The zero-order valence-corrected chi connectivity index (χ0v) is 9.39. The van der Waals surface area contributed by atoms with Crippen LogP contribution < -0.4 is 5.73 Å². The standard InChI is InChI=1S/C11H10F2N2S/c1-11(12,13)8-4-2-7(3-5-8)9-6-10(14)16-15-9/h2-6H,14H2,1H3. The van der Waals surface area contributed by atoms with Crippen molar-refractivity contribution in [1.82, 2.24) is 4.37 Å². The van der Waals surface area contributed by atoms with Crippen LogP contribution >= 0.6 is 11.5 Å². The Bertz CT molecular complexity index is 485. The Labute approximate surface area is 95.9 Å². The van der Waals surface area contributed by atoms with Crippen LogP contribution in [0.2, 0.25) is 0 Å². The Morgan fingerprint density at radius 1 is 1.25 bits per heavy atom. The predicted octanol–water partition coefficient (Wildman–Crippen LogP) is 3.50. The van der Waals surface area contributed by atoms with Gasteiger partial charge in [0, 0.05) is 24.1 Å². The molecule has 0 spiro atoms. The van der Waals surface area contributed by atoms with Gasteiger partial charge in [-0.2, -0.15) is 4.37 Å². The summed E-state index contributed by atoms with van der Waals surface area (Å²) in [6, 6.07) is 7.79. The number of nitrogens with zero attached hydrogens (tertiary/aromatic N) is 1. The van der Waals surface area contributed by atoms with Gasteiger partial charge < -0.3 is 5.73 Å². The molecule has 2 nitrogen and oxygen atoms in total. The molecule has 1 aromatic heterocycles. The van der Waals surface area contributed by atoms with Crippen molar-refractivity contribution in [2.75, 3.05) is 5.73 Å². The first-order valence-electron chi connectivity index (χ1n) is 4.68. The fourth-order valence-corrected chi connectivity index (χ4v) is 1.89. The molecule has 16 heavy (non-hydrogen) atoms. The maximum Gasteiger partial charge on any atom is 0.270 e. The summed E-state index contributed by atoms with van der Waals surface area (Å²) in [5.74, 6) is -2.81. The molecule has 1 aromatic carbocycles. The quantitative estimate of drug-likeness (QED) is 0.872. The molecule has 0 atom stereocenters. The van der Waals surface area contributed by atoms with Gasteiger partial charge in [-0.1, -0.05) is 24.3 Å². The molecule has 0 unspecified atom stereocenters. The van der Waals surface area contributed by atoms with Gasteiger partial charge >= 0.3 is 0 Å². The van der Waals surface area contributed by atoms with Crippen LogP contribution in [0.25, 0.3) is 11.3 Å². The van der Waals surface area contributed by atoms with Crippen molar-refractivity contribution in [3.63, 3.8) is 0 Å². The molecule has 0 saturated heterocycles. The van der Waals surface area contributed by atoms with Crippen molar-refractivity contribution < 1.29 is 8.78 Å². The van der Waals surface area contributed by atoms with Crippen LogP contribution in [0.3, 0.4) is 0 Å². The third-order valence-corrected chi connectivity index (χ3v) is 2.83. The largest absolute Gasteiger partial charge is 0.389 e. The molecular formula is C11H10F2N2S. The fraction of sp³-hybridized carbons (Fsp3) is 0.182. The number of benzene rings is 1. The second-order valence-corrected chi connectivity index (χ2v) is 4.42. The molecule has 2 rings (SSSR count). The number of nitrogen functional groups attached to an aromatic ring is 1. The van der Waals surface area contributed by atoms with Crippen molar-refractivity contribution >= 4 is 16.5 Å². The van der Waals surface area contributed by atoms with Gasteiger partial charge in [0.05, 0.1) is 5.69 Å². The number of hydrogen-bond acceptors (Lipinski definition) is 3. The Kier molecular flexibility index (Phi) is 2.63. The molecule has 84 valence electrons. The van der Waals surface area contributed by atoms with Gasteiger partial charge in [-0.3, -0.25) is 0 Å². The van der Waals surface area contributed by atoms with E-state index in [4.69, 9.17) is 5.73 Å². The molecule has 0 amide bonds. The molecule has 0 saturated carbocycles.